The van der Waals surface area contributed by atoms with E-state index in [0.29, 0.717) is 0 Å². The van der Waals surface area contributed by atoms with E-state index in [1.807, 2.05) is 0 Å². The van der Waals surface area contributed by atoms with E-state index in [9.17, 15) is 24.3 Å². The lowest BCUT2D eigenvalue weighted by atomic mass is 10.0. The molecule has 0 fully saturated rings. The number of nitrogens with zero attached hydrogens (tertiary/aromatic N) is 2. The summed E-state index contributed by atoms with van der Waals surface area (Å²) < 4.78 is 0.758. The van der Waals surface area contributed by atoms with Crippen LogP contribution in [-0.4, -0.2) is 44.5 Å². The number of carbonyl (C=O) groups excluding carboxylic acids is 1. The topological polar surface area (TPSA) is 112 Å². The van der Waals surface area contributed by atoms with Gasteiger partial charge in [0.05, 0.1) is 0 Å². The molecule has 1 aromatic heterocycles. The number of H-pyrrole nitrogens is 1. The molecule has 0 saturated carbocycles. The third-order valence-electron chi connectivity index (χ3n) is 3.75. The van der Waals surface area contributed by atoms with Gasteiger partial charge in [-0.25, -0.2) is 9.59 Å². The highest BCUT2D eigenvalue weighted by molar-refractivity contribution is 5.95. The molecular weight excluding hydrogens is 314 g/mol. The van der Waals surface area contributed by atoms with Crippen molar-refractivity contribution in [2.24, 2.45) is 7.05 Å². The van der Waals surface area contributed by atoms with Crippen molar-refractivity contribution >= 4 is 11.9 Å². The predicted octanol–water partition coefficient (Wildman–Crippen LogP) is -0.158. The quantitative estimate of drug-likeness (QED) is 0.791. The molecule has 0 saturated heterocycles. The first kappa shape index (κ1) is 17.2. The third-order valence-corrected chi connectivity index (χ3v) is 3.75. The summed E-state index contributed by atoms with van der Waals surface area (Å²) in [4.78, 5) is 50.7. The summed E-state index contributed by atoms with van der Waals surface area (Å²) in [6.07, 6.45) is 1.10. The minimum Gasteiger partial charge on any atom is -0.480 e. The average molecular weight is 331 g/mol. The molecule has 0 radical (unpaired) electrons. The van der Waals surface area contributed by atoms with Crippen molar-refractivity contribution in [3.05, 3.63) is 68.5 Å². The molecule has 0 aliphatic heterocycles. The Bertz CT molecular complexity index is 869. The molecule has 1 amide bonds. The molecule has 0 spiro atoms. The lowest BCUT2D eigenvalue weighted by Gasteiger charge is -2.24. The van der Waals surface area contributed by atoms with Gasteiger partial charge in [0, 0.05) is 26.7 Å². The van der Waals surface area contributed by atoms with Crippen LogP contribution in [0.2, 0.25) is 0 Å². The van der Waals surface area contributed by atoms with Crippen molar-refractivity contribution in [1.82, 2.24) is 14.5 Å². The number of benzene rings is 1. The predicted molar refractivity (Wildman–Crippen MR) is 86.0 cm³/mol. The number of aliphatic carboxylic acids is 1. The minimum absolute atomic E-state index is 0.0993. The standard InChI is InChI=1S/C16H17N3O5/c1-18(12(15(22)23)8-10-6-4-3-5-7-10)13(20)11-9-17-16(24)19(2)14(11)21/h3-7,9,12H,8H2,1-2H3,(H,17,24)(H,22,23)/t12-/m1/s1. The number of carboxylic acid groups (broad SMARTS) is 1. The molecule has 0 bridgehead atoms. The molecule has 0 aliphatic carbocycles. The van der Waals surface area contributed by atoms with Crippen LogP contribution in [0.3, 0.4) is 0 Å². The van der Waals surface area contributed by atoms with Gasteiger partial charge >= 0.3 is 11.7 Å². The van der Waals surface area contributed by atoms with Crippen LogP contribution < -0.4 is 11.2 Å². The molecule has 8 nitrogen and oxygen atoms in total. The largest absolute Gasteiger partial charge is 0.480 e. The summed E-state index contributed by atoms with van der Waals surface area (Å²) in [7, 11) is 2.55. The molecule has 2 N–H and O–H groups in total. The maximum absolute atomic E-state index is 12.5. The van der Waals surface area contributed by atoms with Crippen LogP contribution in [0, 0.1) is 0 Å². The van der Waals surface area contributed by atoms with E-state index >= 15 is 0 Å². The second-order valence-electron chi connectivity index (χ2n) is 5.33. The number of nitrogens with one attached hydrogen (secondary N) is 1. The zero-order valence-corrected chi connectivity index (χ0v) is 13.2. The molecule has 1 heterocycles. The average Bonchev–Trinajstić information content (AvgIpc) is 2.57. The van der Waals surface area contributed by atoms with Gasteiger partial charge in [0.1, 0.15) is 11.6 Å². The van der Waals surface area contributed by atoms with Crippen LogP contribution >= 0.6 is 0 Å². The second kappa shape index (κ2) is 6.95. The van der Waals surface area contributed by atoms with Crippen LogP contribution in [0.25, 0.3) is 0 Å². The Kier molecular flexibility index (Phi) is 4.98. The number of carboxylic acids is 1. The summed E-state index contributed by atoms with van der Waals surface area (Å²) >= 11 is 0. The molecule has 2 rings (SSSR count). The van der Waals surface area contributed by atoms with Gasteiger partial charge in [-0.2, -0.15) is 0 Å². The molecule has 2 aromatic rings. The SMILES string of the molecule is CN(C(=O)c1c[nH]c(=O)n(C)c1=O)[C@H](Cc1ccccc1)C(=O)O. The number of rotatable bonds is 5. The van der Waals surface area contributed by atoms with E-state index in [-0.39, 0.29) is 12.0 Å². The molecule has 0 unspecified atom stereocenters. The van der Waals surface area contributed by atoms with Gasteiger partial charge in [0.2, 0.25) is 0 Å². The van der Waals surface area contributed by atoms with Crippen LogP contribution in [-0.2, 0) is 18.3 Å². The molecular formula is C16H17N3O5. The van der Waals surface area contributed by atoms with Crippen molar-refractivity contribution in [2.45, 2.75) is 12.5 Å². The highest BCUT2D eigenvalue weighted by atomic mass is 16.4. The maximum atomic E-state index is 12.5. The van der Waals surface area contributed by atoms with Crippen LogP contribution in [0.15, 0.2) is 46.1 Å². The zero-order valence-electron chi connectivity index (χ0n) is 13.2. The summed E-state index contributed by atoms with van der Waals surface area (Å²) in [6.45, 7) is 0. The number of amides is 1. The summed E-state index contributed by atoms with van der Waals surface area (Å²) in [6, 6.07) is 7.72. The molecule has 0 aliphatic rings. The first-order valence-corrected chi connectivity index (χ1v) is 7.15. The van der Waals surface area contributed by atoms with Crippen molar-refractivity contribution in [3.8, 4) is 0 Å². The Morgan fingerprint density at radius 2 is 1.88 bits per heavy atom. The maximum Gasteiger partial charge on any atom is 0.328 e. The number of carbonyl (C=O) groups is 2. The Morgan fingerprint density at radius 3 is 2.46 bits per heavy atom. The molecule has 1 atom stereocenters. The Morgan fingerprint density at radius 1 is 1.25 bits per heavy atom. The number of aromatic nitrogens is 2. The van der Waals surface area contributed by atoms with Crippen molar-refractivity contribution in [1.29, 1.82) is 0 Å². The van der Waals surface area contributed by atoms with Gasteiger partial charge in [0.15, 0.2) is 0 Å². The fourth-order valence-corrected chi connectivity index (χ4v) is 2.28. The van der Waals surface area contributed by atoms with E-state index in [0.717, 1.165) is 21.2 Å². The van der Waals surface area contributed by atoms with E-state index in [4.69, 9.17) is 0 Å². The normalized spacial score (nSPS) is 11.8. The number of likely N-dealkylation sites (N-methyl/N-ethyl adjacent to an activating group) is 1. The zero-order chi connectivity index (χ0) is 17.9. The van der Waals surface area contributed by atoms with Crippen LogP contribution in [0.1, 0.15) is 15.9 Å². The summed E-state index contributed by atoms with van der Waals surface area (Å²) in [5.41, 5.74) is -0.976. The fourth-order valence-electron chi connectivity index (χ4n) is 2.28. The molecule has 1 aromatic carbocycles. The van der Waals surface area contributed by atoms with Gasteiger partial charge in [-0.1, -0.05) is 30.3 Å². The van der Waals surface area contributed by atoms with Crippen LogP contribution in [0.4, 0.5) is 0 Å². The monoisotopic (exact) mass is 331 g/mol. The van der Waals surface area contributed by atoms with Gasteiger partial charge in [-0.15, -0.1) is 0 Å². The van der Waals surface area contributed by atoms with E-state index in [2.05, 4.69) is 4.98 Å². The molecule has 126 valence electrons. The third kappa shape index (κ3) is 3.43. The van der Waals surface area contributed by atoms with Gasteiger partial charge in [-0.05, 0) is 5.56 Å². The number of aromatic amines is 1. The van der Waals surface area contributed by atoms with Crippen molar-refractivity contribution in [2.75, 3.05) is 7.05 Å². The minimum atomic E-state index is -1.18. The van der Waals surface area contributed by atoms with E-state index < -0.39 is 29.2 Å². The first-order chi connectivity index (χ1) is 11.3. The lowest BCUT2D eigenvalue weighted by molar-refractivity contribution is -0.141. The second-order valence-corrected chi connectivity index (χ2v) is 5.33. The van der Waals surface area contributed by atoms with Crippen molar-refractivity contribution in [3.63, 3.8) is 0 Å². The number of hydrogen-bond acceptors (Lipinski definition) is 4. The fraction of sp³-hybridized carbons (Fsp3) is 0.250. The highest BCUT2D eigenvalue weighted by Gasteiger charge is 2.29. The molecule has 24 heavy (non-hydrogen) atoms. The Labute approximate surface area is 137 Å². The number of hydrogen-bond donors (Lipinski definition) is 2. The van der Waals surface area contributed by atoms with Crippen LogP contribution in [0.5, 0.6) is 0 Å². The van der Waals surface area contributed by atoms with E-state index in [1.165, 1.54) is 14.1 Å². The van der Waals surface area contributed by atoms with Crippen molar-refractivity contribution < 1.29 is 14.7 Å². The highest BCUT2D eigenvalue weighted by Crippen LogP contribution is 2.10. The smallest absolute Gasteiger partial charge is 0.328 e. The lowest BCUT2D eigenvalue weighted by Crippen LogP contribution is -2.47. The Hall–Kier alpha value is -3.16. The molecule has 8 heteroatoms. The first-order valence-electron chi connectivity index (χ1n) is 7.15. The van der Waals surface area contributed by atoms with Gasteiger partial charge < -0.3 is 15.0 Å². The summed E-state index contributed by atoms with van der Waals surface area (Å²) in [5.74, 6) is -1.95. The summed E-state index contributed by atoms with van der Waals surface area (Å²) in [5, 5.41) is 9.43. The van der Waals surface area contributed by atoms with E-state index in [1.54, 1.807) is 30.3 Å². The van der Waals surface area contributed by atoms with Gasteiger partial charge in [-0.3, -0.25) is 14.2 Å². The Balaban J connectivity index is 2.33. The van der Waals surface area contributed by atoms with Gasteiger partial charge in [0.25, 0.3) is 11.5 Å².